The Morgan fingerprint density at radius 2 is 0.930 bits per heavy atom. The minimum Gasteiger partial charge on any atom is -0.374 e. The van der Waals surface area contributed by atoms with Crippen molar-refractivity contribution in [2.45, 2.75) is 57.1 Å². The zero-order chi connectivity index (χ0) is 29.5. The van der Waals surface area contributed by atoms with E-state index in [0.717, 1.165) is 22.3 Å². The molecule has 5 rings (SSSR count). The molecule has 6 nitrogen and oxygen atoms in total. The van der Waals surface area contributed by atoms with Gasteiger partial charge in [0.15, 0.2) is 6.29 Å². The molecule has 0 amide bonds. The number of rotatable bonds is 15. The first kappa shape index (κ1) is 30.7. The van der Waals surface area contributed by atoms with Gasteiger partial charge in [0.05, 0.1) is 33.0 Å². The predicted octanol–water partition coefficient (Wildman–Crippen LogP) is 6.33. The van der Waals surface area contributed by atoms with Crippen LogP contribution in [0.15, 0.2) is 121 Å². The van der Waals surface area contributed by atoms with Crippen LogP contribution in [0.25, 0.3) is 0 Å². The largest absolute Gasteiger partial charge is 0.374 e. The molecular formula is C37H38O6. The molecule has 0 N–H and O–H groups in total. The van der Waals surface area contributed by atoms with Crippen molar-refractivity contribution in [2.75, 3.05) is 13.2 Å². The summed E-state index contributed by atoms with van der Waals surface area (Å²) in [5.41, 5.74) is 4.17. The fourth-order valence-corrected chi connectivity index (χ4v) is 5.01. The average Bonchev–Trinajstić information content (AvgIpc) is 3.07. The third-order valence-electron chi connectivity index (χ3n) is 7.17. The van der Waals surface area contributed by atoms with E-state index in [4.69, 9.17) is 34.8 Å². The van der Waals surface area contributed by atoms with Gasteiger partial charge in [0.1, 0.15) is 31.0 Å². The van der Waals surface area contributed by atoms with Crippen LogP contribution in [0.5, 0.6) is 0 Å². The number of terminal acetylenes is 1. The second kappa shape index (κ2) is 16.7. The van der Waals surface area contributed by atoms with Gasteiger partial charge in [0, 0.05) is 0 Å². The van der Waals surface area contributed by atoms with Gasteiger partial charge in [-0.1, -0.05) is 127 Å². The summed E-state index contributed by atoms with van der Waals surface area (Å²) in [4.78, 5) is 0. The highest BCUT2D eigenvalue weighted by Crippen LogP contribution is 2.31. The first-order valence-electron chi connectivity index (χ1n) is 14.6. The third-order valence-corrected chi connectivity index (χ3v) is 7.17. The molecule has 0 aromatic heterocycles. The molecule has 222 valence electrons. The van der Waals surface area contributed by atoms with Gasteiger partial charge in [-0.3, -0.25) is 0 Å². The minimum absolute atomic E-state index is 0.0639. The SMILES string of the molecule is C#CCOC1O[C@H](COCc2ccccc2)[C@@H](OCc2ccccc2)[C@H](OCc2ccccc2)[C@H]1OCc1ccccc1. The molecule has 1 fully saturated rings. The topological polar surface area (TPSA) is 55.4 Å². The van der Waals surface area contributed by atoms with Gasteiger partial charge in [-0.25, -0.2) is 0 Å². The van der Waals surface area contributed by atoms with Crippen molar-refractivity contribution >= 4 is 0 Å². The van der Waals surface area contributed by atoms with E-state index in [1.165, 1.54) is 0 Å². The number of hydrogen-bond acceptors (Lipinski definition) is 6. The van der Waals surface area contributed by atoms with Crippen LogP contribution in [-0.4, -0.2) is 43.9 Å². The van der Waals surface area contributed by atoms with Gasteiger partial charge in [-0.05, 0) is 22.3 Å². The molecule has 5 atom stereocenters. The maximum atomic E-state index is 6.66. The van der Waals surface area contributed by atoms with Crippen LogP contribution in [0.1, 0.15) is 22.3 Å². The summed E-state index contributed by atoms with van der Waals surface area (Å²) in [5, 5.41) is 0. The summed E-state index contributed by atoms with van der Waals surface area (Å²) in [6, 6.07) is 40.1. The Hall–Kier alpha value is -3.80. The maximum Gasteiger partial charge on any atom is 0.188 e. The molecule has 0 aliphatic carbocycles. The van der Waals surface area contributed by atoms with Crippen LogP contribution >= 0.6 is 0 Å². The van der Waals surface area contributed by atoms with E-state index in [-0.39, 0.29) is 13.2 Å². The average molecular weight is 579 g/mol. The quantitative estimate of drug-likeness (QED) is 0.154. The van der Waals surface area contributed by atoms with Gasteiger partial charge in [0.25, 0.3) is 0 Å². The van der Waals surface area contributed by atoms with Gasteiger partial charge < -0.3 is 28.4 Å². The lowest BCUT2D eigenvalue weighted by Crippen LogP contribution is -2.61. The number of ether oxygens (including phenoxy) is 6. The monoisotopic (exact) mass is 578 g/mol. The van der Waals surface area contributed by atoms with Crippen molar-refractivity contribution in [2.24, 2.45) is 0 Å². The van der Waals surface area contributed by atoms with Crippen molar-refractivity contribution in [3.8, 4) is 12.3 Å². The molecule has 4 aromatic rings. The predicted molar refractivity (Wildman–Crippen MR) is 165 cm³/mol. The highest BCUT2D eigenvalue weighted by molar-refractivity contribution is 5.16. The molecule has 0 radical (unpaired) electrons. The molecule has 1 saturated heterocycles. The van der Waals surface area contributed by atoms with Crippen LogP contribution in [0.2, 0.25) is 0 Å². The summed E-state index contributed by atoms with van der Waals surface area (Å²) in [6.07, 6.45) is 2.61. The molecule has 0 bridgehead atoms. The minimum atomic E-state index is -0.789. The molecule has 1 aliphatic heterocycles. The standard InChI is InChI=1S/C37H38O6/c1-2-23-39-37-36(42-27-32-21-13-6-14-22-32)35(41-26-31-19-11-5-12-20-31)34(40-25-30-17-9-4-10-18-30)33(43-37)28-38-24-29-15-7-3-8-16-29/h1,3-22,33-37H,23-28H2/t33-,34-,35+,36-,37?/m1/s1. The van der Waals surface area contributed by atoms with Crippen molar-refractivity contribution < 1.29 is 28.4 Å². The van der Waals surface area contributed by atoms with Crippen LogP contribution < -0.4 is 0 Å². The molecule has 1 heterocycles. The van der Waals surface area contributed by atoms with Gasteiger partial charge in [-0.2, -0.15) is 0 Å². The summed E-state index contributed by atoms with van der Waals surface area (Å²) in [7, 11) is 0. The summed E-state index contributed by atoms with van der Waals surface area (Å²) in [5.74, 6) is 2.56. The fraction of sp³-hybridized carbons (Fsp3) is 0.297. The lowest BCUT2D eigenvalue weighted by atomic mass is 9.97. The molecule has 0 spiro atoms. The van der Waals surface area contributed by atoms with E-state index in [1.54, 1.807) is 0 Å². The highest BCUT2D eigenvalue weighted by atomic mass is 16.7. The lowest BCUT2D eigenvalue weighted by molar-refractivity contribution is -0.326. The van der Waals surface area contributed by atoms with E-state index in [9.17, 15) is 0 Å². The molecule has 1 unspecified atom stereocenters. The molecule has 1 aliphatic rings. The van der Waals surface area contributed by atoms with Crippen molar-refractivity contribution in [1.82, 2.24) is 0 Å². The molecule has 43 heavy (non-hydrogen) atoms. The van der Waals surface area contributed by atoms with E-state index < -0.39 is 30.7 Å². The first-order valence-corrected chi connectivity index (χ1v) is 14.6. The van der Waals surface area contributed by atoms with Crippen molar-refractivity contribution in [3.63, 3.8) is 0 Å². The normalized spacial score (nSPS) is 21.7. The zero-order valence-electron chi connectivity index (χ0n) is 24.2. The Balaban J connectivity index is 1.41. The van der Waals surface area contributed by atoms with Crippen molar-refractivity contribution in [1.29, 1.82) is 0 Å². The Morgan fingerprint density at radius 1 is 0.512 bits per heavy atom. The third kappa shape index (κ3) is 9.34. The Bertz CT molecular complexity index is 1360. The van der Waals surface area contributed by atoms with E-state index >= 15 is 0 Å². The lowest BCUT2D eigenvalue weighted by Gasteiger charge is -2.45. The Labute approximate surface area is 254 Å². The summed E-state index contributed by atoms with van der Waals surface area (Å²) in [6.45, 7) is 1.84. The van der Waals surface area contributed by atoms with Crippen LogP contribution in [0.4, 0.5) is 0 Å². The molecule has 4 aromatic carbocycles. The fourth-order valence-electron chi connectivity index (χ4n) is 5.01. The second-order valence-electron chi connectivity index (χ2n) is 10.3. The van der Waals surface area contributed by atoms with Crippen LogP contribution in [0.3, 0.4) is 0 Å². The zero-order valence-corrected chi connectivity index (χ0v) is 24.2. The second-order valence-corrected chi connectivity index (χ2v) is 10.3. The Morgan fingerprint density at radius 3 is 1.40 bits per heavy atom. The van der Waals surface area contributed by atoms with Crippen LogP contribution in [-0.2, 0) is 54.8 Å². The van der Waals surface area contributed by atoms with Gasteiger partial charge in [0.2, 0.25) is 0 Å². The van der Waals surface area contributed by atoms with E-state index in [1.807, 2.05) is 121 Å². The van der Waals surface area contributed by atoms with E-state index in [0.29, 0.717) is 26.4 Å². The summed E-state index contributed by atoms with van der Waals surface area (Å²) >= 11 is 0. The number of benzene rings is 4. The van der Waals surface area contributed by atoms with Crippen molar-refractivity contribution in [3.05, 3.63) is 144 Å². The molecule has 0 saturated carbocycles. The van der Waals surface area contributed by atoms with E-state index in [2.05, 4.69) is 5.92 Å². The van der Waals surface area contributed by atoms with Gasteiger partial charge in [-0.15, -0.1) is 6.42 Å². The smallest absolute Gasteiger partial charge is 0.188 e. The number of hydrogen-bond donors (Lipinski definition) is 0. The summed E-state index contributed by atoms with van der Waals surface area (Å²) < 4.78 is 38.6. The Kier molecular flexibility index (Phi) is 11.9. The molecule has 6 heteroatoms. The molecular weight excluding hydrogens is 540 g/mol. The van der Waals surface area contributed by atoms with Crippen LogP contribution in [0, 0.1) is 12.3 Å². The maximum absolute atomic E-state index is 6.66. The van der Waals surface area contributed by atoms with Gasteiger partial charge >= 0.3 is 0 Å². The first-order chi connectivity index (χ1) is 21.3. The highest BCUT2D eigenvalue weighted by Gasteiger charge is 2.49.